The number of benzene rings is 2. The van der Waals surface area contributed by atoms with Crippen LogP contribution in [0.25, 0.3) is 6.08 Å². The minimum Gasteiger partial charge on any atom is -0.497 e. The molecular weight excluding hydrogens is 326 g/mol. The summed E-state index contributed by atoms with van der Waals surface area (Å²) >= 11 is 5.91. The predicted molar refractivity (Wildman–Crippen MR) is 94.9 cm³/mol. The molecule has 0 aliphatic carbocycles. The molecule has 3 rings (SSSR count). The zero-order chi connectivity index (χ0) is 17.5. The number of carbonyl (C=O) groups is 2. The van der Waals surface area contributed by atoms with Gasteiger partial charge in [0, 0.05) is 29.7 Å². The van der Waals surface area contributed by atoms with Crippen LogP contribution in [0.3, 0.4) is 0 Å². The van der Waals surface area contributed by atoms with Crippen molar-refractivity contribution in [3.63, 3.8) is 0 Å². The summed E-state index contributed by atoms with van der Waals surface area (Å²) in [6.45, 7) is 3.23. The van der Waals surface area contributed by atoms with Crippen LogP contribution in [0.2, 0.25) is 5.02 Å². The van der Waals surface area contributed by atoms with Gasteiger partial charge in [-0.05, 0) is 36.4 Å². The first-order valence-electron chi connectivity index (χ1n) is 7.49. The van der Waals surface area contributed by atoms with Crippen molar-refractivity contribution in [3.8, 4) is 5.75 Å². The molecule has 4 nitrogen and oxygen atoms in total. The number of allylic oxidation sites excluding steroid dienone is 1. The number of fused-ring (bicyclic) bond motifs is 1. The average Bonchev–Trinajstić information content (AvgIpc) is 2.86. The van der Waals surface area contributed by atoms with E-state index in [-0.39, 0.29) is 11.8 Å². The van der Waals surface area contributed by atoms with Crippen LogP contribution >= 0.6 is 11.6 Å². The van der Waals surface area contributed by atoms with Crippen LogP contribution in [-0.4, -0.2) is 18.9 Å². The molecule has 2 aromatic carbocycles. The molecule has 0 spiro atoms. The minimum absolute atomic E-state index is 0.257. The highest BCUT2D eigenvalue weighted by Gasteiger charge is 2.51. The van der Waals surface area contributed by atoms with Crippen molar-refractivity contribution in [2.75, 3.05) is 7.11 Å². The van der Waals surface area contributed by atoms with E-state index in [0.29, 0.717) is 27.7 Å². The van der Waals surface area contributed by atoms with Gasteiger partial charge in [0.05, 0.1) is 19.6 Å². The molecule has 0 aromatic heterocycles. The number of hydrogen-bond acceptors (Lipinski definition) is 3. The lowest BCUT2D eigenvalue weighted by atomic mass is 10.1. The van der Waals surface area contributed by atoms with Gasteiger partial charge in [0.1, 0.15) is 11.4 Å². The molecule has 1 atom stereocenters. The molecule has 24 heavy (non-hydrogen) atoms. The van der Waals surface area contributed by atoms with E-state index in [2.05, 4.69) is 0 Å². The van der Waals surface area contributed by atoms with Gasteiger partial charge in [-0.25, -0.2) is 9.59 Å². The molecule has 0 saturated heterocycles. The predicted octanol–water partition coefficient (Wildman–Crippen LogP) is 4.42. The van der Waals surface area contributed by atoms with Crippen molar-refractivity contribution in [1.29, 1.82) is 0 Å². The number of halogens is 1. The number of imide groups is 1. The van der Waals surface area contributed by atoms with E-state index in [1.165, 1.54) is 6.92 Å². The Morgan fingerprint density at radius 2 is 1.75 bits per heavy atom. The highest BCUT2D eigenvalue weighted by Crippen LogP contribution is 2.43. The Morgan fingerprint density at radius 1 is 1.08 bits per heavy atom. The van der Waals surface area contributed by atoms with Crippen molar-refractivity contribution >= 4 is 35.2 Å². The monoisotopic (exact) mass is 342 g/mol. The molecular formula is C19H17ClNO3+. The molecule has 0 saturated carbocycles. The third-order valence-corrected chi connectivity index (χ3v) is 4.61. The molecule has 0 unspecified atom stereocenters. The second-order valence-electron chi connectivity index (χ2n) is 5.71. The standard InChI is InChI=1S/C19H17ClNO3/c1-12-10-15-11-17(24-3)8-9-18(15)21(12,13(2)22)19(23)14-4-6-16(20)7-5-14/h4-11H,1-3H3/q+1/t21-/m1/s1. The van der Waals surface area contributed by atoms with E-state index in [4.69, 9.17) is 16.3 Å². The maximum absolute atomic E-state index is 13.3. The fourth-order valence-corrected chi connectivity index (χ4v) is 3.34. The fraction of sp³-hybridized carbons (Fsp3) is 0.158. The largest absolute Gasteiger partial charge is 0.497 e. The van der Waals surface area contributed by atoms with Gasteiger partial charge in [-0.2, -0.15) is 0 Å². The first-order chi connectivity index (χ1) is 11.4. The lowest BCUT2D eigenvalue weighted by Crippen LogP contribution is -2.54. The first kappa shape index (κ1) is 16.4. The third kappa shape index (κ3) is 2.27. The van der Waals surface area contributed by atoms with E-state index < -0.39 is 4.48 Å². The quantitative estimate of drug-likeness (QED) is 0.759. The van der Waals surface area contributed by atoms with Gasteiger partial charge in [-0.1, -0.05) is 11.6 Å². The Balaban J connectivity index is 2.21. The number of nitrogens with zero attached hydrogens (tertiary/aromatic N) is 1. The number of amides is 2. The molecule has 2 aromatic rings. The molecule has 1 aliphatic rings. The van der Waals surface area contributed by atoms with Crippen LogP contribution in [0.15, 0.2) is 48.2 Å². The Hall–Kier alpha value is -2.43. The Labute approximate surface area is 145 Å². The van der Waals surface area contributed by atoms with Crippen molar-refractivity contribution in [2.45, 2.75) is 13.8 Å². The number of rotatable bonds is 2. The van der Waals surface area contributed by atoms with Crippen molar-refractivity contribution < 1.29 is 14.3 Å². The molecule has 2 amide bonds. The maximum Gasteiger partial charge on any atom is 0.363 e. The first-order valence-corrected chi connectivity index (χ1v) is 7.87. The Bertz CT molecular complexity index is 871. The third-order valence-electron chi connectivity index (χ3n) is 4.36. The summed E-state index contributed by atoms with van der Waals surface area (Å²) < 4.78 is 4.80. The average molecular weight is 343 g/mol. The summed E-state index contributed by atoms with van der Waals surface area (Å²) in [5.74, 6) is 0.129. The van der Waals surface area contributed by atoms with Gasteiger partial charge in [0.2, 0.25) is 0 Å². The molecule has 0 bridgehead atoms. The molecule has 122 valence electrons. The topological polar surface area (TPSA) is 43.4 Å². The lowest BCUT2D eigenvalue weighted by molar-refractivity contribution is -0.124. The minimum atomic E-state index is -0.443. The zero-order valence-electron chi connectivity index (χ0n) is 13.7. The van der Waals surface area contributed by atoms with E-state index in [9.17, 15) is 9.59 Å². The van der Waals surface area contributed by atoms with Crippen LogP contribution in [-0.2, 0) is 4.79 Å². The number of hydrogen-bond donors (Lipinski definition) is 0. The van der Waals surface area contributed by atoms with Gasteiger partial charge in [0.15, 0.2) is 5.69 Å². The van der Waals surface area contributed by atoms with Crippen LogP contribution in [0, 0.1) is 0 Å². The van der Waals surface area contributed by atoms with Gasteiger partial charge in [-0.3, -0.25) is 0 Å². The van der Waals surface area contributed by atoms with Crippen LogP contribution < -0.4 is 9.22 Å². The molecule has 5 heteroatoms. The second kappa shape index (κ2) is 5.89. The van der Waals surface area contributed by atoms with E-state index in [1.807, 2.05) is 12.1 Å². The number of ether oxygens (including phenoxy) is 1. The van der Waals surface area contributed by atoms with Gasteiger partial charge in [-0.15, -0.1) is 4.48 Å². The van der Waals surface area contributed by atoms with Gasteiger partial charge in [0.25, 0.3) is 0 Å². The summed E-state index contributed by atoms with van der Waals surface area (Å²) in [4.78, 5) is 25.9. The molecule has 0 radical (unpaired) electrons. The smallest absolute Gasteiger partial charge is 0.363 e. The number of quaternary nitrogens is 1. The van der Waals surface area contributed by atoms with E-state index in [0.717, 1.165) is 5.56 Å². The van der Waals surface area contributed by atoms with Crippen LogP contribution in [0.1, 0.15) is 29.8 Å². The normalized spacial score (nSPS) is 18.8. The van der Waals surface area contributed by atoms with Crippen LogP contribution in [0.4, 0.5) is 5.69 Å². The van der Waals surface area contributed by atoms with Crippen molar-refractivity contribution in [3.05, 3.63) is 64.3 Å². The number of carbonyl (C=O) groups excluding carboxylic acids is 2. The SMILES string of the molecule is COc1ccc2c(c1)C=C(C)[N@+]2(C(C)=O)C(=O)c1ccc(Cl)cc1. The number of methoxy groups -OCH3 is 1. The van der Waals surface area contributed by atoms with E-state index in [1.54, 1.807) is 50.4 Å². The summed E-state index contributed by atoms with van der Waals surface area (Å²) in [5.41, 5.74) is 2.54. The molecule has 1 heterocycles. The van der Waals surface area contributed by atoms with Crippen molar-refractivity contribution in [1.82, 2.24) is 4.48 Å². The van der Waals surface area contributed by atoms with Gasteiger partial charge >= 0.3 is 11.8 Å². The van der Waals surface area contributed by atoms with Crippen LogP contribution in [0.5, 0.6) is 5.75 Å². The van der Waals surface area contributed by atoms with Crippen molar-refractivity contribution in [2.24, 2.45) is 0 Å². The fourth-order valence-electron chi connectivity index (χ4n) is 3.21. The lowest BCUT2D eigenvalue weighted by Gasteiger charge is -2.29. The highest BCUT2D eigenvalue weighted by molar-refractivity contribution is 6.30. The Kier molecular flexibility index (Phi) is 4.03. The highest BCUT2D eigenvalue weighted by atomic mass is 35.5. The summed E-state index contributed by atoms with van der Waals surface area (Å²) in [7, 11) is 1.58. The summed E-state index contributed by atoms with van der Waals surface area (Å²) in [5, 5.41) is 0.541. The molecule has 0 fully saturated rings. The molecule has 1 aliphatic heterocycles. The summed E-state index contributed by atoms with van der Waals surface area (Å²) in [6, 6.07) is 11.9. The molecule has 0 N–H and O–H groups in total. The maximum atomic E-state index is 13.3. The Morgan fingerprint density at radius 3 is 2.33 bits per heavy atom. The summed E-state index contributed by atoms with van der Waals surface area (Å²) in [6.07, 6.45) is 1.85. The van der Waals surface area contributed by atoms with Gasteiger partial charge < -0.3 is 4.74 Å². The zero-order valence-corrected chi connectivity index (χ0v) is 14.4. The second-order valence-corrected chi connectivity index (χ2v) is 6.15. The van der Waals surface area contributed by atoms with E-state index >= 15 is 0 Å².